The molecule has 4 rings (SSSR count). The van der Waals surface area contributed by atoms with Crippen LogP contribution in [-0.2, 0) is 9.63 Å². The first-order valence-electron chi connectivity index (χ1n) is 10.4. The molecule has 2 fully saturated rings. The number of nitriles is 1. The molecule has 0 bridgehead atoms. The molecule has 1 aliphatic carbocycles. The number of carbonyl (C=O) groups excluding carboxylic acids is 2. The van der Waals surface area contributed by atoms with Gasteiger partial charge in [0.05, 0.1) is 30.9 Å². The van der Waals surface area contributed by atoms with E-state index in [1.165, 1.54) is 23.5 Å². The summed E-state index contributed by atoms with van der Waals surface area (Å²) in [4.78, 5) is 37.7. The molecule has 1 saturated carbocycles. The first-order valence-corrected chi connectivity index (χ1v) is 10.4. The molecule has 1 aliphatic heterocycles. The maximum atomic E-state index is 13.9. The monoisotopic (exact) mass is 439 g/mol. The average molecular weight is 439 g/mol. The minimum atomic E-state index is -0.663. The van der Waals surface area contributed by atoms with E-state index in [1.54, 1.807) is 6.07 Å². The third kappa shape index (κ3) is 4.68. The van der Waals surface area contributed by atoms with Crippen LogP contribution in [0.3, 0.4) is 0 Å². The Labute approximate surface area is 183 Å². The van der Waals surface area contributed by atoms with Crippen LogP contribution >= 0.6 is 0 Å². The van der Waals surface area contributed by atoms with E-state index in [2.05, 4.69) is 9.97 Å². The summed E-state index contributed by atoms with van der Waals surface area (Å²) in [7, 11) is 0. The normalized spacial score (nSPS) is 22.5. The minimum Gasteiger partial charge on any atom is -0.477 e. The Hall–Kier alpha value is -3.58. The fourth-order valence-electron chi connectivity index (χ4n) is 4.25. The van der Waals surface area contributed by atoms with Gasteiger partial charge in [0.15, 0.2) is 0 Å². The maximum Gasteiger partial charge on any atom is 0.267 e. The van der Waals surface area contributed by atoms with Crippen LogP contribution in [-0.4, -0.2) is 40.1 Å². The number of aromatic nitrogens is 2. The van der Waals surface area contributed by atoms with E-state index < -0.39 is 17.8 Å². The molecule has 0 unspecified atom stereocenters. The Bertz CT molecular complexity index is 1070. The van der Waals surface area contributed by atoms with Crippen LogP contribution in [0.2, 0.25) is 0 Å². The molecule has 1 saturated heterocycles. The Morgan fingerprint density at radius 1 is 1.25 bits per heavy atom. The van der Waals surface area contributed by atoms with Crippen LogP contribution in [0.15, 0.2) is 30.6 Å². The number of ether oxygens (including phenoxy) is 1. The first kappa shape index (κ1) is 21.6. The van der Waals surface area contributed by atoms with E-state index >= 15 is 0 Å². The summed E-state index contributed by atoms with van der Waals surface area (Å²) in [6.45, 7) is 0.697. The predicted octanol–water partition coefficient (Wildman–Crippen LogP) is 2.29. The lowest BCUT2D eigenvalue weighted by molar-refractivity contribution is -0.181. The zero-order valence-electron chi connectivity index (χ0n) is 17.2. The maximum absolute atomic E-state index is 13.9. The molecule has 32 heavy (non-hydrogen) atoms. The lowest BCUT2D eigenvalue weighted by Crippen LogP contribution is -2.34. The van der Waals surface area contributed by atoms with Gasteiger partial charge in [0, 0.05) is 18.4 Å². The van der Waals surface area contributed by atoms with Crippen LogP contribution in [0.25, 0.3) is 0 Å². The summed E-state index contributed by atoms with van der Waals surface area (Å²) < 4.78 is 19.6. The molecule has 0 spiro atoms. The van der Waals surface area contributed by atoms with Crippen molar-refractivity contribution >= 4 is 11.8 Å². The fourth-order valence-corrected chi connectivity index (χ4v) is 4.25. The second-order valence-corrected chi connectivity index (χ2v) is 7.98. The highest BCUT2D eigenvalue weighted by atomic mass is 19.1. The summed E-state index contributed by atoms with van der Waals surface area (Å²) in [5.41, 5.74) is 6.05. The topological polar surface area (TPSA) is 131 Å². The van der Waals surface area contributed by atoms with Crippen molar-refractivity contribution in [2.75, 3.05) is 13.2 Å². The van der Waals surface area contributed by atoms with Crippen molar-refractivity contribution in [1.82, 2.24) is 15.0 Å². The number of hydrogen-bond acceptors (Lipinski definition) is 7. The molecule has 166 valence electrons. The lowest BCUT2D eigenvalue weighted by Gasteiger charge is -2.26. The van der Waals surface area contributed by atoms with Gasteiger partial charge in [0.25, 0.3) is 5.91 Å². The number of primary amides is 1. The van der Waals surface area contributed by atoms with Crippen LogP contribution in [0, 0.1) is 29.0 Å². The number of carbonyl (C=O) groups is 2. The Balaban J connectivity index is 1.37. The smallest absolute Gasteiger partial charge is 0.267 e. The van der Waals surface area contributed by atoms with E-state index in [-0.39, 0.29) is 34.9 Å². The summed E-state index contributed by atoms with van der Waals surface area (Å²) in [5, 5.41) is 10.5. The van der Waals surface area contributed by atoms with Crippen LogP contribution in [0.4, 0.5) is 4.39 Å². The molecule has 2 aliphatic rings. The minimum absolute atomic E-state index is 0.0728. The molecule has 2 N–H and O–H groups in total. The van der Waals surface area contributed by atoms with Gasteiger partial charge in [0.1, 0.15) is 17.8 Å². The summed E-state index contributed by atoms with van der Waals surface area (Å²) >= 11 is 0. The number of halogens is 1. The Morgan fingerprint density at radius 3 is 2.88 bits per heavy atom. The quantitative estimate of drug-likeness (QED) is 0.730. The van der Waals surface area contributed by atoms with Crippen LogP contribution in [0.1, 0.15) is 53.3 Å². The number of amides is 2. The van der Waals surface area contributed by atoms with Crippen molar-refractivity contribution in [3.05, 3.63) is 53.2 Å². The molecule has 1 aromatic carbocycles. The van der Waals surface area contributed by atoms with Crippen LogP contribution < -0.4 is 10.5 Å². The predicted molar refractivity (Wildman–Crippen MR) is 108 cm³/mol. The van der Waals surface area contributed by atoms with Crippen molar-refractivity contribution in [2.45, 2.75) is 31.7 Å². The molecule has 10 heteroatoms. The average Bonchev–Trinajstić information content (AvgIpc) is 3.47. The zero-order valence-corrected chi connectivity index (χ0v) is 17.2. The second-order valence-electron chi connectivity index (χ2n) is 7.98. The van der Waals surface area contributed by atoms with Gasteiger partial charge < -0.3 is 10.5 Å². The zero-order chi connectivity index (χ0) is 22.7. The highest BCUT2D eigenvalue weighted by molar-refractivity contribution is 5.90. The molecule has 2 aromatic rings. The summed E-state index contributed by atoms with van der Waals surface area (Å²) in [5.74, 6) is -1.16. The number of rotatable bonds is 6. The largest absolute Gasteiger partial charge is 0.477 e. The van der Waals surface area contributed by atoms with E-state index in [4.69, 9.17) is 20.6 Å². The Kier molecular flexibility index (Phi) is 6.28. The van der Waals surface area contributed by atoms with Gasteiger partial charge in [-0.25, -0.2) is 19.4 Å². The van der Waals surface area contributed by atoms with Crippen molar-refractivity contribution < 1.29 is 23.6 Å². The molecular formula is C22H22FN5O4. The lowest BCUT2D eigenvalue weighted by atomic mass is 9.99. The first-order chi connectivity index (χ1) is 15.4. The SMILES string of the molecule is N#Cc1cc(F)cc([C@@H]2CCON2C(=O)[C@@H]2CC[C@H](COc3cc(C(N)=O)ncn3)C2)c1. The van der Waals surface area contributed by atoms with Gasteiger partial charge in [-0.15, -0.1) is 0 Å². The fraction of sp³-hybridized carbons (Fsp3) is 0.409. The van der Waals surface area contributed by atoms with Crippen molar-refractivity contribution in [3.63, 3.8) is 0 Å². The van der Waals surface area contributed by atoms with Gasteiger partial charge in [0.2, 0.25) is 11.8 Å². The number of hydrogen-bond donors (Lipinski definition) is 1. The summed E-state index contributed by atoms with van der Waals surface area (Å²) in [6.07, 6.45) is 3.84. The highest BCUT2D eigenvalue weighted by Crippen LogP contribution is 2.38. The van der Waals surface area contributed by atoms with E-state index in [0.29, 0.717) is 38.0 Å². The molecule has 1 aromatic heterocycles. The third-order valence-corrected chi connectivity index (χ3v) is 5.81. The highest BCUT2D eigenvalue weighted by Gasteiger charge is 2.39. The van der Waals surface area contributed by atoms with Gasteiger partial charge in [-0.2, -0.15) is 5.26 Å². The van der Waals surface area contributed by atoms with Gasteiger partial charge in [-0.1, -0.05) is 0 Å². The van der Waals surface area contributed by atoms with Gasteiger partial charge in [-0.3, -0.25) is 14.4 Å². The van der Waals surface area contributed by atoms with Gasteiger partial charge >= 0.3 is 0 Å². The van der Waals surface area contributed by atoms with E-state index in [0.717, 1.165) is 12.5 Å². The molecular weight excluding hydrogens is 417 g/mol. The molecule has 2 amide bonds. The number of nitrogens with two attached hydrogens (primary N) is 1. The standard InChI is InChI=1S/C22H22FN5O4/c23-17-7-14(10-24)6-16(8-17)19-3-4-32-28(19)22(30)15-2-1-13(5-15)11-31-20-9-18(21(25)29)26-12-27-20/h6-9,12-13,15,19H,1-5,11H2,(H2,25,29)/t13-,15+,19-/m0/s1. The van der Waals surface area contributed by atoms with E-state index in [9.17, 15) is 14.0 Å². The number of hydroxylamine groups is 2. The summed E-state index contributed by atoms with van der Waals surface area (Å²) in [6, 6.07) is 7.00. The number of benzene rings is 1. The number of nitrogens with zero attached hydrogens (tertiary/aromatic N) is 4. The van der Waals surface area contributed by atoms with Gasteiger partial charge in [-0.05, 0) is 48.9 Å². The van der Waals surface area contributed by atoms with Crippen molar-refractivity contribution in [1.29, 1.82) is 5.26 Å². The Morgan fingerprint density at radius 2 is 2.09 bits per heavy atom. The van der Waals surface area contributed by atoms with E-state index in [1.807, 2.05) is 6.07 Å². The third-order valence-electron chi connectivity index (χ3n) is 5.81. The molecule has 2 heterocycles. The molecule has 0 radical (unpaired) electrons. The van der Waals surface area contributed by atoms with Crippen LogP contribution in [0.5, 0.6) is 5.88 Å². The molecule has 3 atom stereocenters. The second kappa shape index (κ2) is 9.28. The van der Waals surface area contributed by atoms with Crippen molar-refractivity contribution in [2.24, 2.45) is 17.6 Å². The molecule has 9 nitrogen and oxygen atoms in total. The van der Waals surface area contributed by atoms with Crippen molar-refractivity contribution in [3.8, 4) is 11.9 Å².